The summed E-state index contributed by atoms with van der Waals surface area (Å²) in [6, 6.07) is 4.44. The highest BCUT2D eigenvalue weighted by atomic mass is 16.6. The molecule has 27 heavy (non-hydrogen) atoms. The molecule has 2 heterocycles. The highest BCUT2D eigenvalue weighted by Crippen LogP contribution is 2.56. The maximum atomic E-state index is 12.6. The Balaban J connectivity index is 1.34. The van der Waals surface area contributed by atoms with Crippen molar-refractivity contribution in [1.82, 2.24) is 0 Å². The molecule has 0 unspecified atom stereocenters. The lowest BCUT2D eigenvalue weighted by atomic mass is 9.55. The lowest BCUT2D eigenvalue weighted by Gasteiger charge is -2.49. The van der Waals surface area contributed by atoms with E-state index in [1.165, 1.54) is 18.4 Å². The van der Waals surface area contributed by atoms with Gasteiger partial charge in [0.1, 0.15) is 17.8 Å². The van der Waals surface area contributed by atoms with Gasteiger partial charge >= 0.3 is 5.97 Å². The number of carbonyl (C=O) groups is 1. The predicted octanol–water partition coefficient (Wildman–Crippen LogP) is 3.48. The fourth-order valence-electron chi connectivity index (χ4n) is 5.85. The summed E-state index contributed by atoms with van der Waals surface area (Å²) in [4.78, 5) is 12.6. The zero-order chi connectivity index (χ0) is 19.0. The number of ether oxygens (including phenoxy) is 1. The fraction of sp³-hybridized carbons (Fsp3) is 0.696. The molecular weight excluding hydrogens is 338 g/mol. The number of rotatable bonds is 6. The van der Waals surface area contributed by atoms with Crippen LogP contribution in [0.3, 0.4) is 0 Å². The van der Waals surface area contributed by atoms with E-state index in [1.54, 1.807) is 6.26 Å². The van der Waals surface area contributed by atoms with Crippen LogP contribution in [0, 0.1) is 23.2 Å². The Morgan fingerprint density at radius 1 is 1.44 bits per heavy atom. The molecule has 4 heteroatoms. The summed E-state index contributed by atoms with van der Waals surface area (Å²) in [5.74, 6) is 2.06. The van der Waals surface area contributed by atoms with Crippen LogP contribution < -0.4 is 5.32 Å². The Kier molecular flexibility index (Phi) is 5.19. The third kappa shape index (κ3) is 3.73. The van der Waals surface area contributed by atoms with E-state index in [-0.39, 0.29) is 23.4 Å². The third-order valence-electron chi connectivity index (χ3n) is 7.54. The number of aryl methyl sites for hydroxylation is 1. The Morgan fingerprint density at radius 3 is 3.07 bits per heavy atom. The van der Waals surface area contributed by atoms with Gasteiger partial charge < -0.3 is 14.5 Å². The van der Waals surface area contributed by atoms with E-state index in [0.717, 1.165) is 44.4 Å². The van der Waals surface area contributed by atoms with Gasteiger partial charge in [-0.3, -0.25) is 4.79 Å². The van der Waals surface area contributed by atoms with Gasteiger partial charge in [0.25, 0.3) is 0 Å². The smallest absolute Gasteiger partial charge is 0.315 e. The van der Waals surface area contributed by atoms with Crippen molar-refractivity contribution in [3.63, 3.8) is 0 Å². The van der Waals surface area contributed by atoms with Crippen molar-refractivity contribution in [3.8, 4) is 0 Å². The Labute approximate surface area is 162 Å². The first kappa shape index (κ1) is 18.8. The lowest BCUT2D eigenvalue weighted by Crippen LogP contribution is -2.91. The summed E-state index contributed by atoms with van der Waals surface area (Å²) in [6.07, 6.45) is 9.62. The van der Waals surface area contributed by atoms with Crippen LogP contribution in [0.2, 0.25) is 0 Å². The molecule has 6 atom stereocenters. The number of furan rings is 1. The van der Waals surface area contributed by atoms with Gasteiger partial charge in [0.15, 0.2) is 0 Å². The van der Waals surface area contributed by atoms with E-state index in [4.69, 9.17) is 9.15 Å². The molecule has 2 N–H and O–H groups in total. The topological polar surface area (TPSA) is 56.0 Å². The zero-order valence-corrected chi connectivity index (χ0v) is 16.8. The van der Waals surface area contributed by atoms with Crippen molar-refractivity contribution < 1.29 is 19.3 Å². The lowest BCUT2D eigenvalue weighted by molar-refractivity contribution is -0.690. The second-order valence-corrected chi connectivity index (χ2v) is 9.47. The number of fused-ring (bicyclic) bond motifs is 2. The van der Waals surface area contributed by atoms with E-state index in [2.05, 4.69) is 25.7 Å². The van der Waals surface area contributed by atoms with Gasteiger partial charge in [0, 0.05) is 18.8 Å². The van der Waals surface area contributed by atoms with Gasteiger partial charge in [-0.25, -0.2) is 0 Å². The summed E-state index contributed by atoms with van der Waals surface area (Å²) in [5, 5.41) is 2.33. The minimum atomic E-state index is 0.0346. The van der Waals surface area contributed by atoms with E-state index >= 15 is 0 Å². The molecule has 2 saturated carbocycles. The molecule has 1 aromatic heterocycles. The van der Waals surface area contributed by atoms with Crippen molar-refractivity contribution in [2.75, 3.05) is 6.54 Å². The summed E-state index contributed by atoms with van der Waals surface area (Å²) < 4.78 is 11.3. The summed E-state index contributed by atoms with van der Waals surface area (Å²) >= 11 is 0. The minimum Gasteiger partial charge on any atom is -0.469 e. The predicted molar refractivity (Wildman–Crippen MR) is 104 cm³/mol. The first-order valence-electron chi connectivity index (χ1n) is 10.7. The molecule has 0 radical (unpaired) electrons. The standard InChI is InChI=1S/C23H33NO3/c1-15-6-4-10-23(3)13-21-18(12-20(15)23)19(22(25)27-21)14-24-16(2)8-9-17-7-5-11-26-17/h5,7,11,16,18-21,24H,1,4,6,8-10,12-14H2,2-3H3/p+1/t16-,18-,19-,20+,21-,23-/m1/s1. The third-order valence-corrected chi connectivity index (χ3v) is 7.54. The first-order valence-corrected chi connectivity index (χ1v) is 10.7. The highest BCUT2D eigenvalue weighted by molar-refractivity contribution is 5.75. The van der Waals surface area contributed by atoms with Crippen LogP contribution in [0.4, 0.5) is 0 Å². The Morgan fingerprint density at radius 2 is 2.30 bits per heavy atom. The molecule has 0 amide bonds. The molecule has 0 bridgehead atoms. The Bertz CT molecular complexity index is 682. The maximum absolute atomic E-state index is 12.6. The number of hydrogen-bond donors (Lipinski definition) is 1. The van der Waals surface area contributed by atoms with Gasteiger partial charge in [0.2, 0.25) is 0 Å². The molecule has 1 saturated heterocycles. The molecule has 1 aliphatic heterocycles. The number of esters is 1. The van der Waals surface area contributed by atoms with Crippen LogP contribution in [0.25, 0.3) is 0 Å². The van der Waals surface area contributed by atoms with Crippen molar-refractivity contribution in [1.29, 1.82) is 0 Å². The van der Waals surface area contributed by atoms with Crippen molar-refractivity contribution in [3.05, 3.63) is 36.3 Å². The van der Waals surface area contributed by atoms with Crippen LogP contribution in [0.1, 0.15) is 58.1 Å². The van der Waals surface area contributed by atoms with Gasteiger partial charge in [-0.1, -0.05) is 19.1 Å². The molecule has 148 valence electrons. The van der Waals surface area contributed by atoms with Gasteiger partial charge in [-0.2, -0.15) is 0 Å². The van der Waals surface area contributed by atoms with Crippen molar-refractivity contribution in [2.45, 2.75) is 70.9 Å². The largest absolute Gasteiger partial charge is 0.469 e. The molecule has 2 aliphatic carbocycles. The van der Waals surface area contributed by atoms with Crippen LogP contribution >= 0.6 is 0 Å². The molecule has 0 spiro atoms. The average molecular weight is 373 g/mol. The monoisotopic (exact) mass is 372 g/mol. The van der Waals surface area contributed by atoms with E-state index in [1.807, 2.05) is 12.1 Å². The Hall–Kier alpha value is -1.55. The molecule has 1 aromatic rings. The minimum absolute atomic E-state index is 0.0346. The molecular formula is C23H34NO3+. The highest BCUT2D eigenvalue weighted by Gasteiger charge is 2.55. The summed E-state index contributed by atoms with van der Waals surface area (Å²) in [5.41, 5.74) is 1.70. The van der Waals surface area contributed by atoms with E-state index < -0.39 is 0 Å². The number of nitrogens with two attached hydrogens (primary N) is 1. The van der Waals surface area contributed by atoms with Crippen molar-refractivity contribution >= 4 is 5.97 Å². The number of carbonyl (C=O) groups excluding carboxylic acids is 1. The zero-order valence-electron chi connectivity index (χ0n) is 16.8. The van der Waals surface area contributed by atoms with Gasteiger partial charge in [0.05, 0.1) is 18.8 Å². The van der Waals surface area contributed by atoms with Crippen LogP contribution in [0.5, 0.6) is 0 Å². The average Bonchev–Trinajstić information content (AvgIpc) is 3.23. The van der Waals surface area contributed by atoms with E-state index in [0.29, 0.717) is 17.9 Å². The summed E-state index contributed by atoms with van der Waals surface area (Å²) in [7, 11) is 0. The first-order chi connectivity index (χ1) is 13.0. The van der Waals surface area contributed by atoms with Crippen molar-refractivity contribution in [2.24, 2.45) is 23.2 Å². The quantitative estimate of drug-likeness (QED) is 0.614. The van der Waals surface area contributed by atoms with E-state index in [9.17, 15) is 4.79 Å². The van der Waals surface area contributed by atoms with Gasteiger partial charge in [-0.15, -0.1) is 0 Å². The van der Waals surface area contributed by atoms with Crippen LogP contribution in [-0.2, 0) is 16.0 Å². The normalized spacial score (nSPS) is 36.8. The fourth-order valence-corrected chi connectivity index (χ4v) is 5.85. The van der Waals surface area contributed by atoms with Gasteiger partial charge in [-0.05, 0) is 62.5 Å². The number of quaternary nitrogens is 1. The summed E-state index contributed by atoms with van der Waals surface area (Å²) in [6.45, 7) is 9.85. The van der Waals surface area contributed by atoms with Crippen LogP contribution in [-0.4, -0.2) is 24.7 Å². The second-order valence-electron chi connectivity index (χ2n) is 9.47. The molecule has 4 nitrogen and oxygen atoms in total. The number of allylic oxidation sites excluding steroid dienone is 1. The second kappa shape index (κ2) is 7.46. The molecule has 4 rings (SSSR count). The van der Waals surface area contributed by atoms with Crippen LogP contribution in [0.15, 0.2) is 35.0 Å². The molecule has 3 aliphatic rings. The number of hydrogen-bond acceptors (Lipinski definition) is 3. The SMILES string of the molecule is C=C1CCC[C@]2(C)C[C@H]3OC(=O)[C@H](C[NH2+][C@H](C)CCc4ccco4)[C@H]3C[C@@H]12. The molecule has 0 aromatic carbocycles. The maximum Gasteiger partial charge on any atom is 0.315 e. The molecule has 3 fully saturated rings.